The molecule has 3 fully saturated rings. The summed E-state index contributed by atoms with van der Waals surface area (Å²) >= 11 is 0. The minimum absolute atomic E-state index is 0.154. The first-order chi connectivity index (χ1) is 10.7. The Balaban J connectivity index is 1.92. The van der Waals surface area contributed by atoms with E-state index in [1.807, 2.05) is 0 Å². The second-order valence-corrected chi connectivity index (χ2v) is 9.61. The molecule has 0 aromatic rings. The van der Waals surface area contributed by atoms with Gasteiger partial charge in [-0.25, -0.2) is 5.06 Å². The number of hydrogen-bond donors (Lipinski definition) is 0. The quantitative estimate of drug-likeness (QED) is 0.707. The lowest BCUT2D eigenvalue weighted by molar-refractivity contribution is -0.177. The minimum atomic E-state index is 0.154. The van der Waals surface area contributed by atoms with Crippen LogP contribution < -0.4 is 0 Å². The summed E-state index contributed by atoms with van der Waals surface area (Å²) in [5, 5.41) is 1.43. The van der Waals surface area contributed by atoms with Gasteiger partial charge in [-0.2, -0.15) is 0 Å². The van der Waals surface area contributed by atoms with Crippen molar-refractivity contribution in [3.05, 3.63) is 0 Å². The fraction of sp³-hybridized carbons (Fsp3) is 0.950. The molecule has 0 aromatic carbocycles. The molecule has 1 amide bonds. The Morgan fingerprint density at radius 3 is 2.43 bits per heavy atom. The third-order valence-corrected chi connectivity index (χ3v) is 8.18. The fourth-order valence-electron chi connectivity index (χ4n) is 6.73. The summed E-state index contributed by atoms with van der Waals surface area (Å²) in [6.45, 7) is 9.83. The number of hydrogen-bond acceptors (Lipinski definition) is 2. The molecule has 3 heteroatoms. The molecule has 3 aliphatic rings. The maximum atomic E-state index is 12.6. The van der Waals surface area contributed by atoms with Gasteiger partial charge in [0, 0.05) is 13.5 Å². The molecule has 0 heterocycles. The highest BCUT2D eigenvalue weighted by Gasteiger charge is 2.66. The van der Waals surface area contributed by atoms with Gasteiger partial charge in [0.05, 0.1) is 7.11 Å². The van der Waals surface area contributed by atoms with Gasteiger partial charge in [0.2, 0.25) is 5.91 Å². The van der Waals surface area contributed by atoms with Crippen LogP contribution in [0.5, 0.6) is 0 Å². The number of nitrogens with zero attached hydrogens (tertiary/aromatic N) is 1. The van der Waals surface area contributed by atoms with E-state index < -0.39 is 0 Å². The molecule has 0 radical (unpaired) electrons. The Labute approximate surface area is 142 Å². The van der Waals surface area contributed by atoms with Gasteiger partial charge in [0.1, 0.15) is 0 Å². The van der Waals surface area contributed by atoms with Crippen molar-refractivity contribution >= 4 is 5.91 Å². The van der Waals surface area contributed by atoms with Gasteiger partial charge in [-0.15, -0.1) is 0 Å². The first-order valence-corrected chi connectivity index (χ1v) is 9.48. The molecule has 2 unspecified atom stereocenters. The smallest absolute Gasteiger partial charge is 0.246 e. The van der Waals surface area contributed by atoms with E-state index in [9.17, 15) is 4.79 Å². The highest BCUT2D eigenvalue weighted by molar-refractivity contribution is 5.75. The Morgan fingerprint density at radius 2 is 1.87 bits per heavy atom. The van der Waals surface area contributed by atoms with E-state index in [-0.39, 0.29) is 5.91 Å². The maximum absolute atomic E-state index is 12.6. The van der Waals surface area contributed by atoms with Crippen LogP contribution in [0, 0.1) is 34.0 Å². The molecule has 3 rings (SSSR count). The predicted molar refractivity (Wildman–Crippen MR) is 92.6 cm³/mol. The van der Waals surface area contributed by atoms with E-state index in [1.165, 1.54) is 43.6 Å². The van der Waals surface area contributed by atoms with Crippen molar-refractivity contribution in [1.29, 1.82) is 0 Å². The number of fused-ring (bicyclic) bond motifs is 1. The summed E-state index contributed by atoms with van der Waals surface area (Å²) in [6, 6.07) is 0. The number of hydroxylamine groups is 2. The molecule has 3 saturated carbocycles. The average molecular weight is 322 g/mol. The zero-order valence-corrected chi connectivity index (χ0v) is 15.9. The maximum Gasteiger partial charge on any atom is 0.246 e. The van der Waals surface area contributed by atoms with Crippen LogP contribution in [0.4, 0.5) is 0 Å². The van der Waals surface area contributed by atoms with Crippen LogP contribution in [0.1, 0.15) is 72.6 Å². The summed E-state index contributed by atoms with van der Waals surface area (Å²) in [5.74, 6) is 2.22. The van der Waals surface area contributed by atoms with Gasteiger partial charge >= 0.3 is 0 Å². The molecule has 0 aliphatic heterocycles. The van der Waals surface area contributed by atoms with Crippen LogP contribution in [0.25, 0.3) is 0 Å². The van der Waals surface area contributed by atoms with Crippen LogP contribution in [0.3, 0.4) is 0 Å². The average Bonchev–Trinajstić information content (AvgIpc) is 3.11. The zero-order valence-electron chi connectivity index (χ0n) is 15.9. The number of amides is 1. The van der Waals surface area contributed by atoms with Crippen molar-refractivity contribution in [3.63, 3.8) is 0 Å². The summed E-state index contributed by atoms with van der Waals surface area (Å²) in [5.41, 5.74) is 1.17. The Bertz CT molecular complexity index is 488. The van der Waals surface area contributed by atoms with Crippen LogP contribution in [0.2, 0.25) is 0 Å². The van der Waals surface area contributed by atoms with Crippen LogP contribution >= 0.6 is 0 Å². The third-order valence-electron chi connectivity index (χ3n) is 8.18. The van der Waals surface area contributed by atoms with Gasteiger partial charge < -0.3 is 0 Å². The first kappa shape index (κ1) is 17.3. The molecule has 0 aromatic heterocycles. The minimum Gasteiger partial charge on any atom is -0.275 e. The molecule has 0 bridgehead atoms. The first-order valence-electron chi connectivity index (χ1n) is 9.48. The fourth-order valence-corrected chi connectivity index (χ4v) is 6.73. The van der Waals surface area contributed by atoms with Gasteiger partial charge in [-0.3, -0.25) is 9.63 Å². The topological polar surface area (TPSA) is 29.5 Å². The summed E-state index contributed by atoms with van der Waals surface area (Å²) in [7, 11) is 3.33. The van der Waals surface area contributed by atoms with Crippen molar-refractivity contribution in [2.24, 2.45) is 34.0 Å². The highest BCUT2D eigenvalue weighted by atomic mass is 16.7. The molecule has 0 saturated heterocycles. The van der Waals surface area contributed by atoms with E-state index in [4.69, 9.17) is 4.84 Å². The van der Waals surface area contributed by atoms with E-state index in [2.05, 4.69) is 27.7 Å². The van der Waals surface area contributed by atoms with E-state index >= 15 is 0 Å². The molecule has 3 aliphatic carbocycles. The van der Waals surface area contributed by atoms with Crippen molar-refractivity contribution in [2.45, 2.75) is 72.6 Å². The molecule has 132 valence electrons. The second-order valence-electron chi connectivity index (χ2n) is 9.61. The molecule has 5 atom stereocenters. The second kappa shape index (κ2) is 5.47. The van der Waals surface area contributed by atoms with Gasteiger partial charge in [-0.1, -0.05) is 34.1 Å². The molecule has 3 nitrogen and oxygen atoms in total. The van der Waals surface area contributed by atoms with Crippen LogP contribution in [-0.2, 0) is 9.63 Å². The van der Waals surface area contributed by atoms with Gasteiger partial charge in [0.25, 0.3) is 0 Å². The lowest BCUT2D eigenvalue weighted by Gasteiger charge is -2.60. The molecule has 0 N–H and O–H groups in total. The van der Waals surface area contributed by atoms with Crippen molar-refractivity contribution in [2.75, 3.05) is 14.2 Å². The number of carbonyl (C=O) groups excluding carboxylic acids is 1. The van der Waals surface area contributed by atoms with E-state index in [0.717, 1.165) is 11.8 Å². The van der Waals surface area contributed by atoms with Crippen LogP contribution in [0.15, 0.2) is 0 Å². The predicted octanol–water partition coefficient (Wildman–Crippen LogP) is 4.67. The summed E-state index contributed by atoms with van der Waals surface area (Å²) in [6.07, 6.45) is 8.63. The van der Waals surface area contributed by atoms with Gasteiger partial charge in [0.15, 0.2) is 0 Å². The number of rotatable bonds is 3. The monoisotopic (exact) mass is 321 g/mol. The van der Waals surface area contributed by atoms with Crippen molar-refractivity contribution in [1.82, 2.24) is 5.06 Å². The standard InChI is InChI=1S/C20H35NO2/c1-14-13-20(14)11-8-15-18(2,3)9-7-10-19(15,4)16(20)12-17(22)21(5)23-6/h14-16H,7-13H2,1-6H3/t14?,15-,16+,19-,20?/m0/s1. The Hall–Kier alpha value is -0.570. The number of carbonyl (C=O) groups is 1. The van der Waals surface area contributed by atoms with Gasteiger partial charge in [-0.05, 0) is 66.1 Å². The molecular formula is C20H35NO2. The summed E-state index contributed by atoms with van der Waals surface area (Å²) in [4.78, 5) is 17.8. The highest BCUT2D eigenvalue weighted by Crippen LogP contribution is 2.74. The van der Waals surface area contributed by atoms with Crippen molar-refractivity contribution < 1.29 is 9.63 Å². The SMILES string of the molecule is CON(C)C(=O)C[C@H]1C2(CC[C@H]3C(C)(C)CCC[C@@]31C)CC2C. The Morgan fingerprint density at radius 1 is 1.22 bits per heavy atom. The van der Waals surface area contributed by atoms with E-state index in [1.54, 1.807) is 14.2 Å². The molecule has 1 spiro atoms. The largest absolute Gasteiger partial charge is 0.275 e. The molecule has 23 heavy (non-hydrogen) atoms. The van der Waals surface area contributed by atoms with Crippen molar-refractivity contribution in [3.8, 4) is 0 Å². The Kier molecular flexibility index (Phi) is 4.11. The van der Waals surface area contributed by atoms with Crippen LogP contribution in [-0.4, -0.2) is 25.1 Å². The zero-order chi connectivity index (χ0) is 17.0. The lowest BCUT2D eigenvalue weighted by Crippen LogP contribution is -2.53. The molecular weight excluding hydrogens is 286 g/mol. The normalized spacial score (nSPS) is 44.7. The van der Waals surface area contributed by atoms with E-state index in [0.29, 0.717) is 28.6 Å². The third kappa shape index (κ3) is 2.54. The lowest BCUT2D eigenvalue weighted by atomic mass is 9.45. The summed E-state index contributed by atoms with van der Waals surface area (Å²) < 4.78 is 0.